The van der Waals surface area contributed by atoms with E-state index in [-0.39, 0.29) is 29.9 Å². The minimum Gasteiger partial charge on any atom is -0.379 e. The number of nitrogens with one attached hydrogen (secondary N) is 2. The van der Waals surface area contributed by atoms with Crippen molar-refractivity contribution >= 4 is 17.7 Å². The third-order valence-corrected chi connectivity index (χ3v) is 4.80. The van der Waals surface area contributed by atoms with Crippen LogP contribution < -0.4 is 16.4 Å². The average molecular weight is 374 g/mol. The molecule has 10 heteroatoms. The molecule has 27 heavy (non-hydrogen) atoms. The highest BCUT2D eigenvalue weighted by atomic mass is 16.5. The molecular formula is C17H26N8O2. The fourth-order valence-electron chi connectivity index (χ4n) is 3.41. The molecule has 0 saturated heterocycles. The van der Waals surface area contributed by atoms with E-state index in [0.717, 1.165) is 25.8 Å². The zero-order valence-electron chi connectivity index (χ0n) is 15.4. The number of nitrogens with zero attached hydrogens (tertiary/aromatic N) is 5. The Morgan fingerprint density at radius 1 is 1.41 bits per heavy atom. The van der Waals surface area contributed by atoms with Crippen LogP contribution in [0.1, 0.15) is 25.7 Å². The van der Waals surface area contributed by atoms with Crippen molar-refractivity contribution in [3.8, 4) is 0 Å². The first-order valence-corrected chi connectivity index (χ1v) is 9.15. The number of ether oxygens (including phenoxy) is 1. The summed E-state index contributed by atoms with van der Waals surface area (Å²) < 4.78 is 7.34. The molecule has 1 amide bonds. The molecule has 0 spiro atoms. The molecule has 146 valence electrons. The second-order valence-electron chi connectivity index (χ2n) is 6.65. The highest BCUT2D eigenvalue weighted by Gasteiger charge is 2.34. The fraction of sp³-hybridized carbons (Fsp3) is 0.588. The summed E-state index contributed by atoms with van der Waals surface area (Å²) >= 11 is 0. The molecule has 3 atom stereocenters. The number of hydrogen-bond acceptors (Lipinski definition) is 8. The lowest BCUT2D eigenvalue weighted by Crippen LogP contribution is -2.45. The Morgan fingerprint density at radius 2 is 2.30 bits per heavy atom. The topological polar surface area (TPSA) is 133 Å². The second kappa shape index (κ2) is 9.26. The van der Waals surface area contributed by atoms with E-state index in [1.165, 1.54) is 0 Å². The van der Waals surface area contributed by atoms with Gasteiger partial charge in [-0.05, 0) is 31.7 Å². The van der Waals surface area contributed by atoms with Crippen molar-refractivity contribution in [2.24, 2.45) is 5.92 Å². The van der Waals surface area contributed by atoms with E-state index in [2.05, 4.69) is 30.9 Å². The molecule has 1 aliphatic rings. The van der Waals surface area contributed by atoms with Crippen molar-refractivity contribution in [3.05, 3.63) is 24.7 Å². The van der Waals surface area contributed by atoms with E-state index in [9.17, 15) is 4.79 Å². The number of amides is 1. The number of carbonyl (C=O) groups is 1. The summed E-state index contributed by atoms with van der Waals surface area (Å²) in [6.07, 6.45) is 8.19. The van der Waals surface area contributed by atoms with E-state index >= 15 is 0 Å². The van der Waals surface area contributed by atoms with Gasteiger partial charge in [0.25, 0.3) is 0 Å². The molecule has 4 N–H and O–H groups in total. The van der Waals surface area contributed by atoms with Crippen LogP contribution in [0.5, 0.6) is 0 Å². The molecule has 0 unspecified atom stereocenters. The summed E-state index contributed by atoms with van der Waals surface area (Å²) in [6.45, 7) is 1.35. The van der Waals surface area contributed by atoms with Crippen LogP contribution in [0.3, 0.4) is 0 Å². The number of carbonyl (C=O) groups excluding carboxylic acids is 1. The predicted octanol–water partition coefficient (Wildman–Crippen LogP) is 0.452. The lowest BCUT2D eigenvalue weighted by atomic mass is 9.83. The van der Waals surface area contributed by atoms with Gasteiger partial charge in [-0.25, -0.2) is 4.98 Å². The first kappa shape index (κ1) is 19.0. The summed E-state index contributed by atoms with van der Waals surface area (Å²) in [5.41, 5.74) is 5.64. The van der Waals surface area contributed by atoms with Gasteiger partial charge in [-0.15, -0.1) is 5.10 Å². The van der Waals surface area contributed by atoms with Crippen molar-refractivity contribution < 1.29 is 9.53 Å². The van der Waals surface area contributed by atoms with Gasteiger partial charge in [0, 0.05) is 38.5 Å². The quantitative estimate of drug-likeness (QED) is 0.567. The van der Waals surface area contributed by atoms with Crippen LogP contribution in [-0.2, 0) is 16.1 Å². The van der Waals surface area contributed by atoms with Crippen LogP contribution in [0.15, 0.2) is 24.7 Å². The fourth-order valence-corrected chi connectivity index (χ4v) is 3.41. The average Bonchev–Trinajstić information content (AvgIpc) is 3.18. The first-order valence-electron chi connectivity index (χ1n) is 9.15. The monoisotopic (exact) mass is 374 g/mol. The molecule has 10 nitrogen and oxygen atoms in total. The van der Waals surface area contributed by atoms with Crippen LogP contribution in [0.4, 0.5) is 11.8 Å². The van der Waals surface area contributed by atoms with Gasteiger partial charge in [0.2, 0.25) is 11.9 Å². The molecule has 0 aliphatic heterocycles. The van der Waals surface area contributed by atoms with E-state index in [1.807, 2.05) is 6.20 Å². The smallest absolute Gasteiger partial charge is 0.223 e. The van der Waals surface area contributed by atoms with Gasteiger partial charge in [0.1, 0.15) is 5.82 Å². The van der Waals surface area contributed by atoms with Crippen molar-refractivity contribution in [1.29, 1.82) is 0 Å². The lowest BCUT2D eigenvalue weighted by molar-refractivity contribution is -0.127. The van der Waals surface area contributed by atoms with Gasteiger partial charge in [0.15, 0.2) is 0 Å². The van der Waals surface area contributed by atoms with Crippen molar-refractivity contribution in [1.82, 2.24) is 30.3 Å². The first-order chi connectivity index (χ1) is 13.2. The maximum atomic E-state index is 12.5. The Balaban J connectivity index is 1.49. The number of aromatic nitrogens is 5. The lowest BCUT2D eigenvalue weighted by Gasteiger charge is -2.35. The highest BCUT2D eigenvalue weighted by Crippen LogP contribution is 2.28. The third kappa shape index (κ3) is 5.36. The number of nitrogen functional groups attached to an aromatic ring is 1. The van der Waals surface area contributed by atoms with E-state index in [1.54, 1.807) is 30.3 Å². The summed E-state index contributed by atoms with van der Waals surface area (Å²) in [5, 5.41) is 14.0. The van der Waals surface area contributed by atoms with Crippen LogP contribution >= 0.6 is 0 Å². The zero-order valence-corrected chi connectivity index (χ0v) is 15.4. The largest absolute Gasteiger partial charge is 0.379 e. The zero-order chi connectivity index (χ0) is 19.1. The standard InChI is InChI=1S/C17H26N8O2/c1-27-14-4-3-12(11-13(14)22-15-5-7-20-17(18)23-15)16(26)19-6-2-9-25-10-8-21-24-25/h5,7-8,10,12-14H,2-4,6,9,11H2,1H3,(H,19,26)(H3,18,20,22,23)/t12-,13+,14+/m0/s1. The SMILES string of the molecule is CO[C@@H]1CC[C@H](C(=O)NCCCn2ccnn2)C[C@H]1Nc1ccnc(N)n1. The molecule has 1 aliphatic carbocycles. The van der Waals surface area contributed by atoms with Gasteiger partial charge in [-0.3, -0.25) is 9.48 Å². The number of aryl methyl sites for hydroxylation is 1. The number of hydrogen-bond donors (Lipinski definition) is 3. The van der Waals surface area contributed by atoms with Crippen molar-refractivity contribution in [2.75, 3.05) is 24.7 Å². The third-order valence-electron chi connectivity index (χ3n) is 4.80. The van der Waals surface area contributed by atoms with Gasteiger partial charge in [0.05, 0.1) is 18.3 Å². The summed E-state index contributed by atoms with van der Waals surface area (Å²) in [4.78, 5) is 20.6. The van der Waals surface area contributed by atoms with E-state index < -0.39 is 0 Å². The Bertz CT molecular complexity index is 723. The molecular weight excluding hydrogens is 348 g/mol. The van der Waals surface area contributed by atoms with Gasteiger partial charge < -0.3 is 21.1 Å². The number of anilines is 2. The maximum Gasteiger partial charge on any atom is 0.223 e. The summed E-state index contributed by atoms with van der Waals surface area (Å²) in [6, 6.07) is 1.75. The number of methoxy groups -OCH3 is 1. The minimum absolute atomic E-state index is 0.0102. The summed E-state index contributed by atoms with van der Waals surface area (Å²) in [7, 11) is 1.69. The van der Waals surface area contributed by atoms with Crippen LogP contribution in [-0.4, -0.2) is 56.7 Å². The van der Waals surface area contributed by atoms with Crippen LogP contribution in [0.25, 0.3) is 0 Å². The Morgan fingerprint density at radius 3 is 3.04 bits per heavy atom. The Hall–Kier alpha value is -2.75. The Kier molecular flexibility index (Phi) is 6.53. The molecule has 0 radical (unpaired) electrons. The molecule has 0 bridgehead atoms. The molecule has 2 heterocycles. The van der Waals surface area contributed by atoms with Crippen LogP contribution in [0, 0.1) is 5.92 Å². The van der Waals surface area contributed by atoms with E-state index in [0.29, 0.717) is 18.8 Å². The van der Waals surface area contributed by atoms with Gasteiger partial charge in [-0.1, -0.05) is 5.21 Å². The van der Waals surface area contributed by atoms with Gasteiger partial charge >= 0.3 is 0 Å². The van der Waals surface area contributed by atoms with Gasteiger partial charge in [-0.2, -0.15) is 4.98 Å². The molecule has 2 aromatic rings. The normalized spacial score (nSPS) is 22.3. The number of nitrogens with two attached hydrogens (primary N) is 1. The molecule has 1 saturated carbocycles. The molecule has 3 rings (SSSR count). The summed E-state index contributed by atoms with van der Waals surface area (Å²) in [5.74, 6) is 0.881. The Labute approximate surface area is 157 Å². The molecule has 1 fully saturated rings. The number of rotatable bonds is 8. The maximum absolute atomic E-state index is 12.5. The van der Waals surface area contributed by atoms with E-state index in [4.69, 9.17) is 10.5 Å². The van der Waals surface area contributed by atoms with Crippen LogP contribution in [0.2, 0.25) is 0 Å². The minimum atomic E-state index is -0.0561. The predicted molar refractivity (Wildman–Crippen MR) is 99.6 cm³/mol. The molecule has 2 aromatic heterocycles. The second-order valence-corrected chi connectivity index (χ2v) is 6.65. The van der Waals surface area contributed by atoms with Crippen molar-refractivity contribution in [2.45, 2.75) is 44.4 Å². The molecule has 0 aromatic carbocycles. The van der Waals surface area contributed by atoms with Crippen molar-refractivity contribution in [3.63, 3.8) is 0 Å². The highest BCUT2D eigenvalue weighted by molar-refractivity contribution is 5.78.